The minimum absolute atomic E-state index is 0.305. The summed E-state index contributed by atoms with van der Waals surface area (Å²) in [7, 11) is 0. The Hall–Kier alpha value is -1.14. The largest absolute Gasteiger partial charge is 0.388 e. The van der Waals surface area contributed by atoms with Crippen molar-refractivity contribution in [3.05, 3.63) is 0 Å². The van der Waals surface area contributed by atoms with Gasteiger partial charge in [0.05, 0.1) is 23.3 Å². The summed E-state index contributed by atoms with van der Waals surface area (Å²) in [5.41, 5.74) is 2.47. The number of nitrogens with zero attached hydrogens (tertiary/aromatic N) is 1. The van der Waals surface area contributed by atoms with Crippen LogP contribution in [-0.2, 0) is 9.59 Å². The first kappa shape index (κ1) is 28.9. The fourth-order valence-electron chi connectivity index (χ4n) is 5.99. The summed E-state index contributed by atoms with van der Waals surface area (Å²) < 4.78 is 0. The maximum Gasteiger partial charge on any atom is 0.238 e. The zero-order chi connectivity index (χ0) is 24.6. The van der Waals surface area contributed by atoms with Gasteiger partial charge in [0.1, 0.15) is 5.41 Å². The summed E-state index contributed by atoms with van der Waals surface area (Å²) in [4.78, 5) is 28.7. The van der Waals surface area contributed by atoms with Gasteiger partial charge in [0.15, 0.2) is 0 Å². The van der Waals surface area contributed by atoms with E-state index in [0.29, 0.717) is 38.5 Å². The summed E-state index contributed by atoms with van der Waals surface area (Å²) >= 11 is 0. The van der Waals surface area contributed by atoms with Crippen LogP contribution in [0.4, 0.5) is 0 Å². The lowest BCUT2D eigenvalue weighted by Gasteiger charge is -2.51. The molecule has 2 amide bonds. The second kappa shape index (κ2) is 12.4. The Morgan fingerprint density at radius 2 is 1.16 bits per heavy atom. The summed E-state index contributed by atoms with van der Waals surface area (Å²) in [5.74, 6) is -0.878. The van der Waals surface area contributed by atoms with Crippen molar-refractivity contribution in [2.45, 2.75) is 148 Å². The molecule has 0 saturated heterocycles. The smallest absolute Gasteiger partial charge is 0.238 e. The molecule has 0 bridgehead atoms. The number of carbonyl (C=O) groups is 2. The molecule has 0 aromatic heterocycles. The molecule has 6 nitrogen and oxygen atoms in total. The van der Waals surface area contributed by atoms with Crippen LogP contribution in [0.2, 0.25) is 0 Å². The average Bonchev–Trinajstić information content (AvgIpc) is 2.74. The molecule has 0 aliphatic heterocycles. The van der Waals surface area contributed by atoms with Gasteiger partial charge in [-0.3, -0.25) is 9.59 Å². The number of carbonyl (C=O) groups excluding carboxylic acids is 2. The summed E-state index contributed by atoms with van der Waals surface area (Å²) in [6, 6.07) is -1.08. The van der Waals surface area contributed by atoms with E-state index < -0.39 is 34.6 Å². The van der Waals surface area contributed by atoms with E-state index >= 15 is 0 Å². The molecular weight excluding hydrogens is 404 g/mol. The Morgan fingerprint density at radius 1 is 0.812 bits per heavy atom. The highest BCUT2D eigenvalue weighted by Gasteiger charge is 2.53. The van der Waals surface area contributed by atoms with Crippen LogP contribution in [0.1, 0.15) is 125 Å². The van der Waals surface area contributed by atoms with E-state index in [1.807, 2.05) is 41.5 Å². The van der Waals surface area contributed by atoms with Crippen LogP contribution in [-0.4, -0.2) is 50.2 Å². The zero-order valence-corrected chi connectivity index (χ0v) is 21.6. The molecule has 4 N–H and O–H groups in total. The van der Waals surface area contributed by atoms with Crippen molar-refractivity contribution in [1.29, 1.82) is 0 Å². The molecule has 1 aliphatic carbocycles. The first-order chi connectivity index (χ1) is 15.0. The zero-order valence-electron chi connectivity index (χ0n) is 21.6. The van der Waals surface area contributed by atoms with Gasteiger partial charge in [-0.25, -0.2) is 0 Å². The molecule has 0 heterocycles. The van der Waals surface area contributed by atoms with E-state index in [9.17, 15) is 19.8 Å². The number of nitrogens with two attached hydrogens (primary N) is 1. The van der Waals surface area contributed by atoms with Gasteiger partial charge in [-0.1, -0.05) is 72.6 Å². The lowest BCUT2D eigenvalue weighted by atomic mass is 9.70. The Labute approximate surface area is 196 Å². The van der Waals surface area contributed by atoms with E-state index in [-0.39, 0.29) is 5.91 Å². The molecule has 1 aliphatic rings. The molecule has 1 fully saturated rings. The van der Waals surface area contributed by atoms with Gasteiger partial charge >= 0.3 is 0 Å². The van der Waals surface area contributed by atoms with Gasteiger partial charge in [-0.2, -0.15) is 0 Å². The van der Waals surface area contributed by atoms with E-state index in [1.54, 1.807) is 4.90 Å². The van der Waals surface area contributed by atoms with Gasteiger partial charge in [0.2, 0.25) is 11.8 Å². The molecule has 0 aromatic rings. The minimum atomic E-state index is -1.25. The summed E-state index contributed by atoms with van der Waals surface area (Å²) in [6.45, 7) is 11.9. The van der Waals surface area contributed by atoms with Gasteiger partial charge in [-0.15, -0.1) is 0 Å². The van der Waals surface area contributed by atoms with Crippen LogP contribution in [0.15, 0.2) is 0 Å². The second-order valence-electron chi connectivity index (χ2n) is 10.3. The van der Waals surface area contributed by atoms with Gasteiger partial charge in [0, 0.05) is 0 Å². The molecule has 2 atom stereocenters. The number of hydrogen-bond donors (Lipinski definition) is 3. The van der Waals surface area contributed by atoms with Crippen LogP contribution in [0.5, 0.6) is 0 Å². The molecule has 6 heteroatoms. The van der Waals surface area contributed by atoms with Crippen LogP contribution >= 0.6 is 0 Å². The lowest BCUT2D eigenvalue weighted by Crippen LogP contribution is -2.66. The molecule has 0 radical (unpaired) electrons. The number of hydrogen-bond acceptors (Lipinski definition) is 4. The summed E-state index contributed by atoms with van der Waals surface area (Å²) in [6.07, 6.45) is 8.81. The van der Waals surface area contributed by atoms with E-state index in [2.05, 4.69) is 0 Å². The SMILES string of the molecule is CCCC(O)(CCC)C(C)N(C(=O)C1(C(N)=O)CCCCC1)C(C)C(O)(CCC)CCC. The maximum absolute atomic E-state index is 14.3. The number of primary amides is 1. The molecule has 0 aromatic carbocycles. The van der Waals surface area contributed by atoms with E-state index in [4.69, 9.17) is 5.73 Å². The minimum Gasteiger partial charge on any atom is -0.388 e. The predicted molar refractivity (Wildman–Crippen MR) is 130 cm³/mol. The molecule has 32 heavy (non-hydrogen) atoms. The van der Waals surface area contributed by atoms with E-state index in [0.717, 1.165) is 44.9 Å². The highest BCUT2D eigenvalue weighted by atomic mass is 16.3. The van der Waals surface area contributed by atoms with Crippen molar-refractivity contribution >= 4 is 11.8 Å². The van der Waals surface area contributed by atoms with E-state index in [1.165, 1.54) is 0 Å². The number of rotatable bonds is 14. The molecule has 1 saturated carbocycles. The Balaban J connectivity index is 3.61. The highest BCUT2D eigenvalue weighted by molar-refractivity contribution is 6.04. The van der Waals surface area contributed by atoms with Crippen molar-refractivity contribution in [3.8, 4) is 0 Å². The van der Waals surface area contributed by atoms with Crippen molar-refractivity contribution in [1.82, 2.24) is 4.90 Å². The normalized spacial score (nSPS) is 18.8. The molecule has 0 spiro atoms. The third-order valence-corrected chi connectivity index (χ3v) is 7.94. The fraction of sp³-hybridized carbons (Fsp3) is 0.923. The Bertz CT molecular complexity index is 561. The predicted octanol–water partition coefficient (Wildman–Crippen LogP) is 4.69. The molecule has 2 unspecified atom stereocenters. The standard InChI is InChI=1S/C26H50N2O4/c1-7-14-25(31,15-8-2)20(5)28(21(6)26(32,16-9-3)17-10-4)23(30)24(22(27)29)18-12-11-13-19-24/h20-21,31-32H,7-19H2,1-6H3,(H2,27,29). The second-order valence-corrected chi connectivity index (χ2v) is 10.3. The first-order valence-corrected chi connectivity index (χ1v) is 13.1. The highest BCUT2D eigenvalue weighted by Crippen LogP contribution is 2.42. The number of aliphatic hydroxyl groups is 2. The van der Waals surface area contributed by atoms with Crippen LogP contribution in [0.25, 0.3) is 0 Å². The van der Waals surface area contributed by atoms with Crippen molar-refractivity contribution < 1.29 is 19.8 Å². The average molecular weight is 455 g/mol. The van der Waals surface area contributed by atoms with Crippen LogP contribution in [0, 0.1) is 5.41 Å². The van der Waals surface area contributed by atoms with Gasteiger partial charge in [0.25, 0.3) is 0 Å². The van der Waals surface area contributed by atoms with Crippen molar-refractivity contribution in [2.24, 2.45) is 11.1 Å². The first-order valence-electron chi connectivity index (χ1n) is 13.1. The third kappa shape index (κ3) is 6.05. The fourth-order valence-corrected chi connectivity index (χ4v) is 5.99. The van der Waals surface area contributed by atoms with Crippen molar-refractivity contribution in [3.63, 3.8) is 0 Å². The van der Waals surface area contributed by atoms with Gasteiger partial charge < -0.3 is 20.8 Å². The van der Waals surface area contributed by atoms with Gasteiger partial charge in [-0.05, 0) is 52.4 Å². The van der Waals surface area contributed by atoms with Crippen LogP contribution < -0.4 is 5.73 Å². The quantitative estimate of drug-likeness (QED) is 0.331. The molecular formula is C26H50N2O4. The topological polar surface area (TPSA) is 104 Å². The lowest BCUT2D eigenvalue weighted by molar-refractivity contribution is -0.172. The molecule has 1 rings (SSSR count). The van der Waals surface area contributed by atoms with Crippen molar-refractivity contribution in [2.75, 3.05) is 0 Å². The third-order valence-electron chi connectivity index (χ3n) is 7.94. The maximum atomic E-state index is 14.3. The molecule has 188 valence electrons. The Kier molecular flexibility index (Phi) is 11.2. The monoisotopic (exact) mass is 454 g/mol. The Morgan fingerprint density at radius 3 is 1.44 bits per heavy atom. The van der Waals surface area contributed by atoms with Crippen LogP contribution in [0.3, 0.4) is 0 Å². The summed E-state index contributed by atoms with van der Waals surface area (Å²) in [5, 5.41) is 23.4. The number of amides is 2.